The predicted molar refractivity (Wildman–Crippen MR) is 92.8 cm³/mol. The highest BCUT2D eigenvalue weighted by Gasteiger charge is 2.22. The predicted octanol–water partition coefficient (Wildman–Crippen LogP) is 3.98. The van der Waals surface area contributed by atoms with E-state index in [0.29, 0.717) is 12.5 Å². The van der Waals surface area contributed by atoms with Gasteiger partial charge in [0.2, 0.25) is 0 Å². The summed E-state index contributed by atoms with van der Waals surface area (Å²) in [5, 5.41) is 5.98. The van der Waals surface area contributed by atoms with Gasteiger partial charge in [-0.2, -0.15) is 0 Å². The molecule has 2 amide bonds. The summed E-state index contributed by atoms with van der Waals surface area (Å²) in [4.78, 5) is 16.4. The molecule has 0 bridgehead atoms. The summed E-state index contributed by atoms with van der Waals surface area (Å²) >= 11 is 0. The van der Waals surface area contributed by atoms with Gasteiger partial charge >= 0.3 is 6.03 Å². The Balaban J connectivity index is 1.66. The lowest BCUT2D eigenvalue weighted by molar-refractivity contribution is 0.235. The van der Waals surface area contributed by atoms with E-state index in [9.17, 15) is 4.79 Å². The molecule has 2 aromatic rings. The van der Waals surface area contributed by atoms with Crippen molar-refractivity contribution >= 4 is 6.03 Å². The summed E-state index contributed by atoms with van der Waals surface area (Å²) in [7, 11) is 0. The van der Waals surface area contributed by atoms with Crippen LogP contribution in [-0.2, 0) is 13.0 Å². The Morgan fingerprint density at radius 3 is 2.96 bits per heavy atom. The van der Waals surface area contributed by atoms with Gasteiger partial charge < -0.3 is 15.1 Å². The molecule has 0 fully saturated rings. The summed E-state index contributed by atoms with van der Waals surface area (Å²) in [6, 6.07) is 6.59. The molecule has 0 aliphatic heterocycles. The first kappa shape index (κ1) is 16.6. The van der Waals surface area contributed by atoms with Crippen molar-refractivity contribution in [3.8, 4) is 0 Å². The Hall–Kier alpha value is -2.30. The number of aromatic nitrogens is 1. The second kappa shape index (κ2) is 7.07. The molecule has 1 aromatic carbocycles. The fraction of sp³-hybridized carbons (Fsp3) is 0.474. The van der Waals surface area contributed by atoms with Gasteiger partial charge in [0.05, 0.1) is 12.6 Å². The number of benzene rings is 1. The maximum Gasteiger partial charge on any atom is 0.315 e. The molecule has 0 unspecified atom stereocenters. The molecule has 3 rings (SSSR count). The number of rotatable bonds is 4. The van der Waals surface area contributed by atoms with Crippen molar-refractivity contribution in [3.63, 3.8) is 0 Å². The molecule has 0 saturated carbocycles. The minimum Gasteiger partial charge on any atom is -0.448 e. The summed E-state index contributed by atoms with van der Waals surface area (Å²) in [6.45, 7) is 6.60. The van der Waals surface area contributed by atoms with Gasteiger partial charge in [0.15, 0.2) is 6.39 Å². The molecule has 1 aliphatic carbocycles. The highest BCUT2D eigenvalue weighted by atomic mass is 16.3. The summed E-state index contributed by atoms with van der Waals surface area (Å²) in [6.07, 6.45) is 4.56. The van der Waals surface area contributed by atoms with Crippen LogP contribution in [0.4, 0.5) is 4.79 Å². The number of hydrogen-bond acceptors (Lipinski definition) is 3. The van der Waals surface area contributed by atoms with E-state index in [0.717, 1.165) is 30.7 Å². The first-order valence-electron chi connectivity index (χ1n) is 8.60. The van der Waals surface area contributed by atoms with Gasteiger partial charge in [-0.1, -0.05) is 32.0 Å². The number of nitrogens with zero attached hydrogens (tertiary/aromatic N) is 1. The number of urea groups is 1. The number of aryl methyl sites for hydroxylation is 2. The molecule has 1 heterocycles. The van der Waals surface area contributed by atoms with E-state index in [1.807, 2.05) is 6.92 Å². The summed E-state index contributed by atoms with van der Waals surface area (Å²) in [5.41, 5.74) is 4.70. The van der Waals surface area contributed by atoms with Crippen molar-refractivity contribution in [2.24, 2.45) is 0 Å². The van der Waals surface area contributed by atoms with Crippen molar-refractivity contribution < 1.29 is 9.21 Å². The molecule has 5 heteroatoms. The molecule has 24 heavy (non-hydrogen) atoms. The smallest absolute Gasteiger partial charge is 0.315 e. The molecule has 1 aliphatic rings. The minimum absolute atomic E-state index is 0.0749. The fourth-order valence-corrected chi connectivity index (χ4v) is 3.20. The molecule has 0 radical (unpaired) electrons. The minimum atomic E-state index is -0.162. The normalized spacial score (nSPS) is 16.8. The van der Waals surface area contributed by atoms with Gasteiger partial charge in [-0.3, -0.25) is 0 Å². The average molecular weight is 327 g/mol. The second-order valence-electron chi connectivity index (χ2n) is 6.74. The maximum atomic E-state index is 12.3. The first-order valence-corrected chi connectivity index (χ1v) is 8.60. The van der Waals surface area contributed by atoms with Crippen LogP contribution < -0.4 is 10.6 Å². The zero-order valence-corrected chi connectivity index (χ0v) is 14.6. The Kier molecular flexibility index (Phi) is 4.88. The van der Waals surface area contributed by atoms with Gasteiger partial charge in [0, 0.05) is 0 Å². The van der Waals surface area contributed by atoms with Gasteiger partial charge in [0.25, 0.3) is 0 Å². The Labute approximate surface area is 142 Å². The molecule has 2 N–H and O–H groups in total. The lowest BCUT2D eigenvalue weighted by Gasteiger charge is -2.27. The number of carbonyl (C=O) groups is 1. The molecule has 5 nitrogen and oxygen atoms in total. The van der Waals surface area contributed by atoms with Crippen LogP contribution in [0.5, 0.6) is 0 Å². The zero-order valence-electron chi connectivity index (χ0n) is 14.6. The van der Waals surface area contributed by atoms with E-state index in [4.69, 9.17) is 4.42 Å². The fourth-order valence-electron chi connectivity index (χ4n) is 3.20. The monoisotopic (exact) mass is 327 g/mol. The molecule has 128 valence electrons. The van der Waals surface area contributed by atoms with Crippen LogP contribution >= 0.6 is 0 Å². The molecule has 1 atom stereocenters. The number of amides is 2. The van der Waals surface area contributed by atoms with Crippen LogP contribution in [0.25, 0.3) is 0 Å². The molecular weight excluding hydrogens is 302 g/mol. The lowest BCUT2D eigenvalue weighted by atomic mass is 9.85. The van der Waals surface area contributed by atoms with E-state index in [-0.39, 0.29) is 12.1 Å². The highest BCUT2D eigenvalue weighted by molar-refractivity contribution is 5.74. The quantitative estimate of drug-likeness (QED) is 0.892. The largest absolute Gasteiger partial charge is 0.448 e. The van der Waals surface area contributed by atoms with Crippen LogP contribution in [0.1, 0.15) is 66.8 Å². The average Bonchev–Trinajstić information content (AvgIpc) is 2.98. The molecular formula is C19H25N3O2. The third-order valence-electron chi connectivity index (χ3n) is 4.72. The zero-order chi connectivity index (χ0) is 17.1. The number of hydrogen-bond donors (Lipinski definition) is 2. The summed E-state index contributed by atoms with van der Waals surface area (Å²) in [5.74, 6) is 1.22. The van der Waals surface area contributed by atoms with Crippen molar-refractivity contribution in [1.82, 2.24) is 15.6 Å². The van der Waals surface area contributed by atoms with Crippen LogP contribution in [0.2, 0.25) is 0 Å². The Bertz CT molecular complexity index is 721. The maximum absolute atomic E-state index is 12.3. The highest BCUT2D eigenvalue weighted by Crippen LogP contribution is 2.32. The topological polar surface area (TPSA) is 67.2 Å². The molecule has 1 aromatic heterocycles. The van der Waals surface area contributed by atoms with E-state index in [1.54, 1.807) is 0 Å². The number of nitrogens with one attached hydrogen (secondary N) is 2. The van der Waals surface area contributed by atoms with Gasteiger partial charge in [0.1, 0.15) is 11.5 Å². The van der Waals surface area contributed by atoms with Crippen LogP contribution in [0.15, 0.2) is 29.0 Å². The Morgan fingerprint density at radius 1 is 1.42 bits per heavy atom. The first-order chi connectivity index (χ1) is 11.5. The van der Waals surface area contributed by atoms with Crippen molar-refractivity contribution in [2.75, 3.05) is 0 Å². The van der Waals surface area contributed by atoms with E-state index in [2.05, 4.69) is 47.7 Å². The lowest BCUT2D eigenvalue weighted by Crippen LogP contribution is -2.39. The van der Waals surface area contributed by atoms with Crippen molar-refractivity contribution in [2.45, 2.75) is 58.5 Å². The van der Waals surface area contributed by atoms with Crippen LogP contribution in [0.3, 0.4) is 0 Å². The standard InChI is InChI=1S/C19H25N3O2/c1-12(2)15-8-7-14-5-4-6-17(16(14)9-15)22-19(23)20-10-18-13(3)24-11-21-18/h7-9,11-12,17H,4-6,10H2,1-3H3,(H2,20,22,23)/t17-/m1/s1. The third-order valence-corrected chi connectivity index (χ3v) is 4.72. The van der Waals surface area contributed by atoms with E-state index >= 15 is 0 Å². The second-order valence-corrected chi connectivity index (χ2v) is 6.74. The number of oxazole rings is 1. The number of fused-ring (bicyclic) bond motifs is 1. The van der Waals surface area contributed by atoms with Crippen LogP contribution in [0, 0.1) is 6.92 Å². The SMILES string of the molecule is Cc1ocnc1CNC(=O)N[C@@H]1CCCc2ccc(C(C)C)cc21. The van der Waals surface area contributed by atoms with Crippen molar-refractivity contribution in [3.05, 3.63) is 52.7 Å². The van der Waals surface area contributed by atoms with Gasteiger partial charge in [-0.25, -0.2) is 9.78 Å². The van der Waals surface area contributed by atoms with Crippen LogP contribution in [-0.4, -0.2) is 11.0 Å². The number of carbonyl (C=O) groups excluding carboxylic acids is 1. The van der Waals surface area contributed by atoms with Crippen molar-refractivity contribution in [1.29, 1.82) is 0 Å². The van der Waals surface area contributed by atoms with E-state index < -0.39 is 0 Å². The third kappa shape index (κ3) is 3.61. The Morgan fingerprint density at radius 2 is 2.25 bits per heavy atom. The summed E-state index contributed by atoms with van der Waals surface area (Å²) < 4.78 is 5.15. The van der Waals surface area contributed by atoms with Gasteiger partial charge in [-0.15, -0.1) is 0 Å². The van der Waals surface area contributed by atoms with Gasteiger partial charge in [-0.05, 0) is 48.8 Å². The van der Waals surface area contributed by atoms with E-state index in [1.165, 1.54) is 23.1 Å². The molecule has 0 spiro atoms. The molecule has 0 saturated heterocycles.